The first-order chi connectivity index (χ1) is 8.63. The van der Waals surface area contributed by atoms with Crippen molar-refractivity contribution in [3.05, 3.63) is 50.6 Å². The van der Waals surface area contributed by atoms with Crippen LogP contribution in [-0.2, 0) is 6.54 Å². The minimum atomic E-state index is -0.239. The van der Waals surface area contributed by atoms with Gasteiger partial charge in [0, 0.05) is 27.5 Å². The molecule has 1 atom stereocenters. The summed E-state index contributed by atoms with van der Waals surface area (Å²) in [7, 11) is 0. The van der Waals surface area contributed by atoms with E-state index < -0.39 is 0 Å². The zero-order chi connectivity index (χ0) is 13.1. The Labute approximate surface area is 125 Å². The molecule has 1 aromatic carbocycles. The summed E-state index contributed by atoms with van der Waals surface area (Å²) in [6.07, 6.45) is 4.82. The molecular formula is C13H15ClIN3. The zero-order valence-electron chi connectivity index (χ0n) is 10.1. The molecule has 0 bridgehead atoms. The Morgan fingerprint density at radius 3 is 3.00 bits per heavy atom. The highest BCUT2D eigenvalue weighted by Crippen LogP contribution is 2.26. The van der Waals surface area contributed by atoms with Crippen molar-refractivity contribution in [3.63, 3.8) is 0 Å². The van der Waals surface area contributed by atoms with Gasteiger partial charge in [0.2, 0.25) is 0 Å². The molecule has 0 aliphatic carbocycles. The van der Waals surface area contributed by atoms with E-state index >= 15 is 0 Å². The third kappa shape index (κ3) is 2.87. The van der Waals surface area contributed by atoms with Crippen molar-refractivity contribution in [1.29, 1.82) is 0 Å². The largest absolute Gasteiger partial charge is 0.333 e. The summed E-state index contributed by atoms with van der Waals surface area (Å²) in [4.78, 5) is 4.37. The SMILES string of the molecule is CCCn1ccnc1C(N)c1cc(Cl)ccc1I. The van der Waals surface area contributed by atoms with Crippen molar-refractivity contribution < 1.29 is 0 Å². The lowest BCUT2D eigenvalue weighted by atomic mass is 10.1. The Bertz CT molecular complexity index is 539. The van der Waals surface area contributed by atoms with Crippen LogP contribution in [0.4, 0.5) is 0 Å². The monoisotopic (exact) mass is 375 g/mol. The minimum absolute atomic E-state index is 0.239. The van der Waals surface area contributed by atoms with Gasteiger partial charge in [-0.05, 0) is 52.8 Å². The van der Waals surface area contributed by atoms with Crippen LogP contribution in [0, 0.1) is 3.57 Å². The first-order valence-corrected chi connectivity index (χ1v) is 7.30. The average Bonchev–Trinajstić information content (AvgIpc) is 2.80. The Kier molecular flexibility index (Phi) is 4.64. The van der Waals surface area contributed by atoms with Crippen molar-refractivity contribution in [1.82, 2.24) is 9.55 Å². The van der Waals surface area contributed by atoms with E-state index in [1.54, 1.807) is 6.20 Å². The highest BCUT2D eigenvalue weighted by molar-refractivity contribution is 14.1. The van der Waals surface area contributed by atoms with E-state index in [-0.39, 0.29) is 6.04 Å². The number of hydrogen-bond acceptors (Lipinski definition) is 2. The lowest BCUT2D eigenvalue weighted by Crippen LogP contribution is -2.19. The smallest absolute Gasteiger partial charge is 0.130 e. The topological polar surface area (TPSA) is 43.8 Å². The molecule has 0 aliphatic rings. The van der Waals surface area contributed by atoms with Crippen LogP contribution < -0.4 is 5.73 Å². The molecule has 0 fully saturated rings. The number of imidazole rings is 1. The fourth-order valence-electron chi connectivity index (χ4n) is 1.92. The second-order valence-electron chi connectivity index (χ2n) is 4.12. The summed E-state index contributed by atoms with van der Waals surface area (Å²) >= 11 is 8.31. The number of hydrogen-bond donors (Lipinski definition) is 1. The quantitative estimate of drug-likeness (QED) is 0.830. The van der Waals surface area contributed by atoms with Gasteiger partial charge < -0.3 is 10.3 Å². The highest BCUT2D eigenvalue weighted by atomic mass is 127. The fourth-order valence-corrected chi connectivity index (χ4v) is 2.77. The number of rotatable bonds is 4. The van der Waals surface area contributed by atoms with Gasteiger partial charge in [-0.1, -0.05) is 18.5 Å². The number of nitrogens with zero attached hydrogens (tertiary/aromatic N) is 2. The molecule has 2 rings (SSSR count). The standard InChI is InChI=1S/C13H15ClIN3/c1-2-6-18-7-5-17-13(18)12(16)10-8-9(14)3-4-11(10)15/h3-5,7-8,12H,2,6,16H2,1H3. The van der Waals surface area contributed by atoms with Crippen molar-refractivity contribution in [3.8, 4) is 0 Å². The van der Waals surface area contributed by atoms with E-state index in [2.05, 4.69) is 39.1 Å². The minimum Gasteiger partial charge on any atom is -0.333 e. The molecule has 1 unspecified atom stereocenters. The van der Waals surface area contributed by atoms with Crippen LogP contribution in [0.1, 0.15) is 30.8 Å². The molecule has 0 radical (unpaired) electrons. The molecule has 1 heterocycles. The first-order valence-electron chi connectivity index (χ1n) is 5.85. The van der Waals surface area contributed by atoms with Crippen LogP contribution >= 0.6 is 34.2 Å². The molecule has 0 spiro atoms. The highest BCUT2D eigenvalue weighted by Gasteiger charge is 2.17. The molecule has 5 heteroatoms. The van der Waals surface area contributed by atoms with Gasteiger partial charge in [0.15, 0.2) is 0 Å². The normalized spacial score (nSPS) is 12.7. The van der Waals surface area contributed by atoms with Crippen LogP contribution in [-0.4, -0.2) is 9.55 Å². The van der Waals surface area contributed by atoms with Gasteiger partial charge >= 0.3 is 0 Å². The Morgan fingerprint density at radius 1 is 1.50 bits per heavy atom. The summed E-state index contributed by atoms with van der Waals surface area (Å²) in [6.45, 7) is 3.07. The van der Waals surface area contributed by atoms with E-state index in [0.29, 0.717) is 5.02 Å². The van der Waals surface area contributed by atoms with Crippen molar-refractivity contribution >= 4 is 34.2 Å². The maximum absolute atomic E-state index is 6.31. The summed E-state index contributed by atoms with van der Waals surface area (Å²) in [6, 6.07) is 5.53. The molecule has 18 heavy (non-hydrogen) atoms. The molecule has 0 saturated heterocycles. The van der Waals surface area contributed by atoms with Gasteiger partial charge in [-0.15, -0.1) is 0 Å². The van der Waals surface area contributed by atoms with E-state index in [9.17, 15) is 0 Å². The second kappa shape index (κ2) is 6.04. The zero-order valence-corrected chi connectivity index (χ0v) is 13.0. The predicted octanol–water partition coefficient (Wildman–Crippen LogP) is 3.60. The molecule has 0 aliphatic heterocycles. The van der Waals surface area contributed by atoms with Gasteiger partial charge in [0.1, 0.15) is 5.82 Å². The molecule has 1 aromatic heterocycles. The summed E-state index contributed by atoms with van der Waals surface area (Å²) < 4.78 is 3.21. The van der Waals surface area contributed by atoms with Gasteiger partial charge in [0.05, 0.1) is 6.04 Å². The maximum atomic E-state index is 6.31. The molecular weight excluding hydrogens is 361 g/mol. The third-order valence-electron chi connectivity index (χ3n) is 2.78. The lowest BCUT2D eigenvalue weighted by Gasteiger charge is -2.16. The van der Waals surface area contributed by atoms with Crippen molar-refractivity contribution in [2.45, 2.75) is 25.9 Å². The summed E-state index contributed by atoms with van der Waals surface area (Å²) in [5.74, 6) is 0.886. The van der Waals surface area contributed by atoms with Crippen molar-refractivity contribution in [2.75, 3.05) is 0 Å². The van der Waals surface area contributed by atoms with Gasteiger partial charge in [-0.25, -0.2) is 4.98 Å². The van der Waals surface area contributed by atoms with E-state index in [0.717, 1.165) is 27.9 Å². The van der Waals surface area contributed by atoms with Crippen LogP contribution in [0.5, 0.6) is 0 Å². The first kappa shape index (κ1) is 13.8. The second-order valence-corrected chi connectivity index (χ2v) is 5.72. The number of nitrogens with two attached hydrogens (primary N) is 1. The predicted molar refractivity (Wildman–Crippen MR) is 82.7 cm³/mol. The fraction of sp³-hybridized carbons (Fsp3) is 0.308. The number of benzene rings is 1. The number of aromatic nitrogens is 2. The molecule has 0 saturated carbocycles. The molecule has 0 amide bonds. The summed E-state index contributed by atoms with van der Waals surface area (Å²) in [5, 5.41) is 0.703. The number of halogens is 2. The molecule has 2 N–H and O–H groups in total. The van der Waals surface area contributed by atoms with Crippen LogP contribution in [0.25, 0.3) is 0 Å². The van der Waals surface area contributed by atoms with Crippen molar-refractivity contribution in [2.24, 2.45) is 5.73 Å². The van der Waals surface area contributed by atoms with Crippen LogP contribution in [0.2, 0.25) is 5.02 Å². The molecule has 2 aromatic rings. The van der Waals surface area contributed by atoms with Crippen LogP contribution in [0.3, 0.4) is 0 Å². The Hall–Kier alpha value is -0.590. The van der Waals surface area contributed by atoms with E-state index in [4.69, 9.17) is 17.3 Å². The average molecular weight is 376 g/mol. The summed E-state index contributed by atoms with van der Waals surface area (Å²) in [5.41, 5.74) is 7.33. The Balaban J connectivity index is 2.38. The number of aryl methyl sites for hydroxylation is 1. The maximum Gasteiger partial charge on any atom is 0.130 e. The van der Waals surface area contributed by atoms with Gasteiger partial charge in [0.25, 0.3) is 0 Å². The molecule has 96 valence electrons. The van der Waals surface area contributed by atoms with Crippen LogP contribution in [0.15, 0.2) is 30.6 Å². The lowest BCUT2D eigenvalue weighted by molar-refractivity contribution is 0.612. The van der Waals surface area contributed by atoms with Gasteiger partial charge in [-0.2, -0.15) is 0 Å². The Morgan fingerprint density at radius 2 is 2.28 bits per heavy atom. The third-order valence-corrected chi connectivity index (χ3v) is 4.00. The molecule has 3 nitrogen and oxygen atoms in total. The van der Waals surface area contributed by atoms with Gasteiger partial charge in [-0.3, -0.25) is 0 Å². The van der Waals surface area contributed by atoms with E-state index in [1.807, 2.05) is 24.4 Å². The van der Waals surface area contributed by atoms with E-state index in [1.165, 1.54) is 0 Å².